The van der Waals surface area contributed by atoms with Crippen LogP contribution >= 0.6 is 0 Å². The molecular formula is C10H23N3O3S. The lowest BCUT2D eigenvalue weighted by Crippen LogP contribution is -2.45. The predicted octanol–water partition coefficient (Wildman–Crippen LogP) is -0.536. The molecule has 0 saturated carbocycles. The van der Waals surface area contributed by atoms with E-state index in [0.29, 0.717) is 19.6 Å². The molecule has 7 heteroatoms. The van der Waals surface area contributed by atoms with Crippen molar-refractivity contribution >= 4 is 15.9 Å². The van der Waals surface area contributed by atoms with Crippen molar-refractivity contribution in [1.29, 1.82) is 0 Å². The first-order valence-electron chi connectivity index (χ1n) is 5.73. The lowest BCUT2D eigenvalue weighted by molar-refractivity contribution is -0.128. The number of nitrogens with two attached hydrogens (primary N) is 1. The third kappa shape index (κ3) is 4.61. The monoisotopic (exact) mass is 265 g/mol. The minimum absolute atomic E-state index is 0.158. The van der Waals surface area contributed by atoms with Gasteiger partial charge in [-0.3, -0.25) is 4.79 Å². The van der Waals surface area contributed by atoms with Crippen LogP contribution in [0.15, 0.2) is 0 Å². The smallest absolute Gasteiger partial charge is 0.239 e. The summed E-state index contributed by atoms with van der Waals surface area (Å²) >= 11 is 0. The highest BCUT2D eigenvalue weighted by molar-refractivity contribution is 7.89. The van der Waals surface area contributed by atoms with Crippen LogP contribution in [0.5, 0.6) is 0 Å². The molecule has 1 amide bonds. The zero-order valence-electron chi connectivity index (χ0n) is 11.0. The molecule has 0 heterocycles. The number of nitrogens with zero attached hydrogens (tertiary/aromatic N) is 2. The fourth-order valence-corrected chi connectivity index (χ4v) is 2.86. The number of hydrogen-bond acceptors (Lipinski definition) is 4. The summed E-state index contributed by atoms with van der Waals surface area (Å²) in [6.07, 6.45) is 0. The molecule has 2 N–H and O–H groups in total. The van der Waals surface area contributed by atoms with E-state index in [2.05, 4.69) is 0 Å². The fourth-order valence-electron chi connectivity index (χ4n) is 1.37. The number of carbonyl (C=O) groups is 1. The maximum atomic E-state index is 11.9. The van der Waals surface area contributed by atoms with Gasteiger partial charge in [0.2, 0.25) is 15.9 Å². The van der Waals surface area contributed by atoms with Gasteiger partial charge in [-0.05, 0) is 6.92 Å². The van der Waals surface area contributed by atoms with Crippen molar-refractivity contribution in [2.75, 3.05) is 32.4 Å². The summed E-state index contributed by atoms with van der Waals surface area (Å²) in [5.74, 6) is -0.912. The van der Waals surface area contributed by atoms with E-state index in [1.807, 2.05) is 0 Å². The highest BCUT2D eigenvalue weighted by Gasteiger charge is 2.25. The van der Waals surface area contributed by atoms with Crippen LogP contribution in [0.4, 0.5) is 0 Å². The first kappa shape index (κ1) is 16.3. The molecule has 102 valence electrons. The third-order valence-electron chi connectivity index (χ3n) is 2.80. The van der Waals surface area contributed by atoms with Crippen LogP contribution < -0.4 is 5.73 Å². The van der Waals surface area contributed by atoms with Gasteiger partial charge in [0, 0.05) is 32.7 Å². The van der Waals surface area contributed by atoms with Crippen molar-refractivity contribution < 1.29 is 13.2 Å². The highest BCUT2D eigenvalue weighted by Crippen LogP contribution is 2.04. The molecule has 0 radical (unpaired) electrons. The molecule has 1 unspecified atom stereocenters. The SMILES string of the molecule is CCN(CC)S(=O)(=O)CC(=O)N(C)C(C)CN. The third-order valence-corrected chi connectivity index (χ3v) is 4.72. The van der Waals surface area contributed by atoms with E-state index in [-0.39, 0.29) is 6.04 Å². The van der Waals surface area contributed by atoms with Crippen LogP contribution in [0.3, 0.4) is 0 Å². The van der Waals surface area contributed by atoms with E-state index in [1.165, 1.54) is 9.21 Å². The minimum atomic E-state index is -3.51. The molecule has 0 aromatic rings. The number of rotatable bonds is 7. The molecule has 0 saturated heterocycles. The second kappa shape index (κ2) is 6.93. The average molecular weight is 265 g/mol. The molecular weight excluding hydrogens is 242 g/mol. The van der Waals surface area contributed by atoms with E-state index < -0.39 is 21.7 Å². The van der Waals surface area contributed by atoms with Gasteiger partial charge in [-0.2, -0.15) is 0 Å². The van der Waals surface area contributed by atoms with Gasteiger partial charge < -0.3 is 10.6 Å². The second-order valence-electron chi connectivity index (χ2n) is 3.93. The first-order valence-corrected chi connectivity index (χ1v) is 7.34. The van der Waals surface area contributed by atoms with Crippen LogP contribution in [0, 0.1) is 0 Å². The van der Waals surface area contributed by atoms with Gasteiger partial charge in [0.15, 0.2) is 0 Å². The summed E-state index contributed by atoms with van der Waals surface area (Å²) in [5, 5.41) is 0. The van der Waals surface area contributed by atoms with Crippen molar-refractivity contribution in [3.8, 4) is 0 Å². The van der Waals surface area contributed by atoms with Crippen molar-refractivity contribution in [2.24, 2.45) is 5.73 Å². The Kier molecular flexibility index (Phi) is 6.66. The Bertz CT molecular complexity index is 339. The maximum Gasteiger partial charge on any atom is 0.239 e. The van der Waals surface area contributed by atoms with Gasteiger partial charge >= 0.3 is 0 Å². The van der Waals surface area contributed by atoms with Crippen LogP contribution in [0.1, 0.15) is 20.8 Å². The van der Waals surface area contributed by atoms with Crippen LogP contribution in [0.2, 0.25) is 0 Å². The molecule has 0 aromatic carbocycles. The van der Waals surface area contributed by atoms with Crippen molar-refractivity contribution in [3.05, 3.63) is 0 Å². The van der Waals surface area contributed by atoms with E-state index in [1.54, 1.807) is 27.8 Å². The predicted molar refractivity (Wildman–Crippen MR) is 68.0 cm³/mol. The van der Waals surface area contributed by atoms with Gasteiger partial charge in [0.05, 0.1) is 0 Å². The Balaban J connectivity index is 4.68. The van der Waals surface area contributed by atoms with Crippen molar-refractivity contribution in [2.45, 2.75) is 26.8 Å². The van der Waals surface area contributed by atoms with E-state index in [9.17, 15) is 13.2 Å². The average Bonchev–Trinajstić information content (AvgIpc) is 2.27. The minimum Gasteiger partial charge on any atom is -0.341 e. The first-order chi connectivity index (χ1) is 7.80. The van der Waals surface area contributed by atoms with E-state index >= 15 is 0 Å². The zero-order valence-corrected chi connectivity index (χ0v) is 11.8. The Hall–Kier alpha value is -0.660. The number of amides is 1. The van der Waals surface area contributed by atoms with Crippen LogP contribution in [-0.4, -0.2) is 62.0 Å². The largest absolute Gasteiger partial charge is 0.341 e. The van der Waals surface area contributed by atoms with Gasteiger partial charge in [0.1, 0.15) is 5.75 Å². The number of hydrogen-bond donors (Lipinski definition) is 1. The molecule has 0 spiro atoms. The number of likely N-dealkylation sites (N-methyl/N-ethyl adjacent to an activating group) is 1. The van der Waals surface area contributed by atoms with Gasteiger partial charge in [-0.15, -0.1) is 0 Å². The molecule has 1 atom stereocenters. The normalized spacial score (nSPS) is 13.8. The van der Waals surface area contributed by atoms with E-state index in [4.69, 9.17) is 5.73 Å². The number of sulfonamides is 1. The molecule has 0 rings (SSSR count). The van der Waals surface area contributed by atoms with E-state index in [0.717, 1.165) is 0 Å². The zero-order chi connectivity index (χ0) is 13.6. The molecule has 0 aliphatic rings. The van der Waals surface area contributed by atoms with Crippen LogP contribution in [0.25, 0.3) is 0 Å². The lowest BCUT2D eigenvalue weighted by Gasteiger charge is -2.25. The molecule has 6 nitrogen and oxygen atoms in total. The number of carbonyl (C=O) groups excluding carboxylic acids is 1. The summed E-state index contributed by atoms with van der Waals surface area (Å²) in [4.78, 5) is 13.1. The lowest BCUT2D eigenvalue weighted by atomic mass is 10.3. The van der Waals surface area contributed by atoms with Gasteiger partial charge in [-0.1, -0.05) is 13.8 Å². The fraction of sp³-hybridized carbons (Fsp3) is 0.900. The van der Waals surface area contributed by atoms with Gasteiger partial charge in [0.25, 0.3) is 0 Å². The molecule has 17 heavy (non-hydrogen) atoms. The molecule has 0 aliphatic carbocycles. The molecule has 0 aromatic heterocycles. The second-order valence-corrected chi connectivity index (χ2v) is 5.90. The highest BCUT2D eigenvalue weighted by atomic mass is 32.2. The maximum absolute atomic E-state index is 11.9. The Morgan fingerprint density at radius 3 is 2.12 bits per heavy atom. The summed E-state index contributed by atoms with van der Waals surface area (Å²) in [6.45, 7) is 6.34. The Morgan fingerprint density at radius 1 is 1.29 bits per heavy atom. The quantitative estimate of drug-likeness (QED) is 0.670. The Labute approximate surface area is 104 Å². The standard InChI is InChI=1S/C10H23N3O3S/c1-5-13(6-2)17(15,16)8-10(14)12(4)9(3)7-11/h9H,5-8,11H2,1-4H3. The summed E-state index contributed by atoms with van der Waals surface area (Å²) < 4.78 is 25.0. The van der Waals surface area contributed by atoms with Crippen molar-refractivity contribution in [3.63, 3.8) is 0 Å². The molecule has 0 bridgehead atoms. The Morgan fingerprint density at radius 2 is 1.76 bits per heavy atom. The molecule has 0 fully saturated rings. The topological polar surface area (TPSA) is 83.7 Å². The summed E-state index contributed by atoms with van der Waals surface area (Å²) in [7, 11) is -1.94. The summed E-state index contributed by atoms with van der Waals surface area (Å²) in [5.41, 5.74) is 5.43. The van der Waals surface area contributed by atoms with Crippen molar-refractivity contribution in [1.82, 2.24) is 9.21 Å². The van der Waals surface area contributed by atoms with Crippen LogP contribution in [-0.2, 0) is 14.8 Å². The van der Waals surface area contributed by atoms with Gasteiger partial charge in [-0.25, -0.2) is 12.7 Å². The summed E-state index contributed by atoms with van der Waals surface area (Å²) in [6, 6.07) is -0.158. The molecule has 0 aliphatic heterocycles.